The molecule has 0 atom stereocenters. The molecule has 8 aromatic carbocycles. The molecule has 0 bridgehead atoms. The molecule has 1 aliphatic carbocycles. The number of rotatable bonds is 14. The summed E-state index contributed by atoms with van der Waals surface area (Å²) in [5, 5.41) is 19.2. The second-order valence-electron chi connectivity index (χ2n) is 21.3. The van der Waals surface area contributed by atoms with Gasteiger partial charge in [-0.1, -0.05) is 218 Å². The van der Waals surface area contributed by atoms with Crippen LogP contribution in [0, 0.1) is 49.7 Å². The van der Waals surface area contributed by atoms with Gasteiger partial charge < -0.3 is 0 Å². The molecule has 2 aromatic heterocycles. The average Bonchev–Trinajstić information content (AvgIpc) is 1.54. The number of benzene rings is 8. The van der Waals surface area contributed by atoms with Crippen LogP contribution in [0.25, 0.3) is 75.2 Å². The summed E-state index contributed by atoms with van der Waals surface area (Å²) in [6.07, 6.45) is 0. The van der Waals surface area contributed by atoms with Crippen LogP contribution in [0.3, 0.4) is 0 Å². The molecule has 2 heterocycles. The summed E-state index contributed by atoms with van der Waals surface area (Å²) in [7, 11) is 0. The molecule has 0 amide bonds. The molecule has 0 fully saturated rings. The molecule has 0 spiro atoms. The van der Waals surface area contributed by atoms with Crippen LogP contribution in [0.5, 0.6) is 0 Å². The first-order chi connectivity index (χ1) is 42.9. The smallest absolute Gasteiger partial charge is 0.226 e. The summed E-state index contributed by atoms with van der Waals surface area (Å²) in [6, 6.07) is 75.7. The largest absolute Gasteiger partial charge is 0.380 e. The summed E-state index contributed by atoms with van der Waals surface area (Å²) < 4.78 is 98.9. The van der Waals surface area contributed by atoms with Crippen LogP contribution >= 0.6 is 22.7 Å². The van der Waals surface area contributed by atoms with Gasteiger partial charge in [0.2, 0.25) is 0 Å². The third kappa shape index (κ3) is 11.1. The Morgan fingerprint density at radius 1 is 0.371 bits per heavy atom. The Hall–Kier alpha value is -10.6. The Bertz CT molecular complexity index is 4370. The van der Waals surface area contributed by atoms with E-state index in [1.54, 1.807) is 38.1 Å². The van der Waals surface area contributed by atoms with Crippen molar-refractivity contribution in [3.8, 4) is 33.0 Å². The number of halogens is 6. The highest BCUT2D eigenvalue weighted by atomic mass is 32.1. The van der Waals surface area contributed by atoms with Crippen molar-refractivity contribution >= 4 is 67.3 Å². The summed E-state index contributed by atoms with van der Waals surface area (Å²) in [6.45, 7) is 21.4. The van der Waals surface area contributed by atoms with E-state index in [1.807, 2.05) is 206 Å². The number of allylic oxidation sites excluding steroid dienone is 6. The molecule has 0 N–H and O–H groups in total. The van der Waals surface area contributed by atoms with E-state index in [0.717, 1.165) is 101 Å². The molecular weight excluding hydrogens is 1160 g/mol. The fraction of sp³-hybridized carbons (Fsp3) is 0.0909. The second kappa shape index (κ2) is 24.6. The highest BCUT2D eigenvalue weighted by Gasteiger charge is 2.80. The minimum atomic E-state index is -5.77. The lowest BCUT2D eigenvalue weighted by atomic mass is 9.85. The van der Waals surface area contributed by atoms with Gasteiger partial charge in [0.1, 0.15) is 0 Å². The number of hydrogen-bond donors (Lipinski definition) is 0. The highest BCUT2D eigenvalue weighted by molar-refractivity contribution is 7.16. The van der Waals surface area contributed by atoms with Gasteiger partial charge in [-0.2, -0.15) is 26.3 Å². The standard InChI is InChI=1S/C77H50F6N4S2/c1-47(65(45-84)86-5)51-27-35-59(36-28-51)69(55-19-11-7-12-20-55)71(57-23-15-9-16-24-57)61-39-31-53(32-40-61)67-43-63(49(3)88-67)73-74(76(80,81)77(82,83)75(73,78)79)64-44-68(89-50(64)4)54-33-41-62(42-34-54)72(58-25-17-10-18-26-58)70(56-21-13-8-14-22-56)60-37-29-52(30-38-60)48(2)66(46-85)87-6/h7-44H,1-4H3/b65-47-,66-48+,71-69+,72-70+. The van der Waals surface area contributed by atoms with E-state index in [9.17, 15) is 10.5 Å². The lowest BCUT2D eigenvalue weighted by Crippen LogP contribution is -2.48. The van der Waals surface area contributed by atoms with E-state index in [2.05, 4.69) is 9.69 Å². The lowest BCUT2D eigenvalue weighted by Gasteiger charge is -2.25. The Morgan fingerprint density at radius 3 is 0.854 bits per heavy atom. The average molecular weight is 1210 g/mol. The fourth-order valence-electron chi connectivity index (χ4n) is 11.5. The third-order valence-corrected chi connectivity index (χ3v) is 18.3. The molecule has 12 heteroatoms. The zero-order valence-corrected chi connectivity index (χ0v) is 49.9. The van der Waals surface area contributed by atoms with Crippen LogP contribution in [-0.4, -0.2) is 17.8 Å². The molecule has 89 heavy (non-hydrogen) atoms. The van der Waals surface area contributed by atoms with Crippen LogP contribution in [0.15, 0.2) is 242 Å². The quantitative estimate of drug-likeness (QED) is 0.0471. The maximum absolute atomic E-state index is 16.7. The molecule has 432 valence electrons. The molecule has 10 aromatic rings. The Labute approximate surface area is 520 Å². The summed E-state index contributed by atoms with van der Waals surface area (Å²) >= 11 is 2.10. The van der Waals surface area contributed by atoms with Gasteiger partial charge in [-0.3, -0.25) is 0 Å². The number of thiophene rings is 2. The van der Waals surface area contributed by atoms with Gasteiger partial charge >= 0.3 is 17.8 Å². The van der Waals surface area contributed by atoms with Crippen molar-refractivity contribution in [1.82, 2.24) is 0 Å². The van der Waals surface area contributed by atoms with Gasteiger partial charge in [0.15, 0.2) is 0 Å². The molecule has 0 radical (unpaired) electrons. The van der Waals surface area contributed by atoms with E-state index < -0.39 is 40.0 Å². The fourth-order valence-corrected chi connectivity index (χ4v) is 13.5. The summed E-state index contributed by atoms with van der Waals surface area (Å²) in [5.74, 6) is -16.3. The molecule has 4 nitrogen and oxygen atoms in total. The SMILES string of the molecule is [C-]#[N+]/C(C#N)=C(/C)c1ccc(/C(=C(\c2ccccc2)c2ccc(-c3cc(C4=C(c5cc(-c6ccc(/C(=C(\c7ccccc7)c7ccc(/C(C)=C(\C#N)[N+]#[C-])cc7)c7ccccc7)cc6)sc5C)C(F)(F)C(F)(F)C4(F)F)c(C)s3)cc2)c2ccccc2)cc1. The first-order valence-electron chi connectivity index (χ1n) is 28.1. The molecule has 0 saturated heterocycles. The summed E-state index contributed by atoms with van der Waals surface area (Å²) in [5.41, 5.74) is 10.3. The number of hydrogen-bond acceptors (Lipinski definition) is 4. The van der Waals surface area contributed by atoms with Crippen molar-refractivity contribution in [2.75, 3.05) is 0 Å². The maximum atomic E-state index is 16.7. The van der Waals surface area contributed by atoms with E-state index in [1.165, 1.54) is 26.0 Å². The normalized spacial score (nSPS) is 15.1. The van der Waals surface area contributed by atoms with E-state index in [0.29, 0.717) is 32.0 Å². The van der Waals surface area contributed by atoms with Crippen molar-refractivity contribution in [3.63, 3.8) is 0 Å². The van der Waals surface area contributed by atoms with E-state index >= 15 is 26.3 Å². The Kier molecular flexibility index (Phi) is 16.6. The van der Waals surface area contributed by atoms with Gasteiger partial charge in [0.05, 0.1) is 25.3 Å². The van der Waals surface area contributed by atoms with E-state index in [4.69, 9.17) is 13.1 Å². The zero-order valence-electron chi connectivity index (χ0n) is 48.3. The molecule has 0 saturated carbocycles. The van der Waals surface area contributed by atoms with Crippen molar-refractivity contribution in [1.29, 1.82) is 10.5 Å². The van der Waals surface area contributed by atoms with Crippen LogP contribution in [0.4, 0.5) is 26.3 Å². The van der Waals surface area contributed by atoms with Gasteiger partial charge in [-0.25, -0.2) is 20.2 Å². The van der Waals surface area contributed by atoms with Gasteiger partial charge in [0, 0.05) is 30.7 Å². The van der Waals surface area contributed by atoms with Gasteiger partial charge in [-0.05, 0) is 151 Å². The number of aryl methyl sites for hydroxylation is 2. The van der Waals surface area contributed by atoms with Crippen LogP contribution in [0.2, 0.25) is 0 Å². The topological polar surface area (TPSA) is 56.3 Å². The molecule has 0 unspecified atom stereocenters. The second-order valence-corrected chi connectivity index (χ2v) is 23.8. The molecular formula is C77H50F6N4S2. The van der Waals surface area contributed by atoms with Crippen LogP contribution in [0.1, 0.15) is 90.4 Å². The molecule has 11 rings (SSSR count). The van der Waals surface area contributed by atoms with Crippen LogP contribution in [-0.2, 0) is 0 Å². The summed E-state index contributed by atoms with van der Waals surface area (Å²) in [4.78, 5) is 7.91. The van der Waals surface area contributed by atoms with E-state index in [-0.39, 0.29) is 21.1 Å². The molecule has 0 aliphatic heterocycles. The monoisotopic (exact) mass is 1210 g/mol. The Morgan fingerprint density at radius 2 is 0.607 bits per heavy atom. The lowest BCUT2D eigenvalue weighted by molar-refractivity contribution is -0.254. The number of alkyl halides is 6. The Balaban J connectivity index is 0.989. The number of nitrogens with zero attached hydrogens (tertiary/aromatic N) is 4. The van der Waals surface area contributed by atoms with Crippen molar-refractivity contribution in [2.45, 2.75) is 45.5 Å². The maximum Gasteiger partial charge on any atom is 0.380 e. The van der Waals surface area contributed by atoms with Gasteiger partial charge in [-0.15, -0.1) is 22.7 Å². The zero-order chi connectivity index (χ0) is 62.8. The van der Waals surface area contributed by atoms with Crippen molar-refractivity contribution < 1.29 is 26.3 Å². The van der Waals surface area contributed by atoms with Crippen LogP contribution < -0.4 is 0 Å². The van der Waals surface area contributed by atoms with Gasteiger partial charge in [0.25, 0.3) is 11.4 Å². The minimum Gasteiger partial charge on any atom is -0.226 e. The highest BCUT2D eigenvalue weighted by Crippen LogP contribution is 2.66. The number of nitriles is 2. The first kappa shape index (κ1) is 60.1. The minimum absolute atomic E-state index is 0.00523. The third-order valence-electron chi connectivity index (χ3n) is 16.1. The molecule has 1 aliphatic rings. The first-order valence-corrected chi connectivity index (χ1v) is 29.8. The van der Waals surface area contributed by atoms with Crippen molar-refractivity contribution in [3.05, 3.63) is 341 Å². The predicted molar refractivity (Wildman–Crippen MR) is 349 cm³/mol. The predicted octanol–water partition coefficient (Wildman–Crippen LogP) is 22.0. The van der Waals surface area contributed by atoms with Crippen molar-refractivity contribution in [2.24, 2.45) is 0 Å².